The second kappa shape index (κ2) is 6.90. The number of nitrogens with two attached hydrogens (primary N) is 1. The van der Waals surface area contributed by atoms with E-state index in [4.69, 9.17) is 10.5 Å². The van der Waals surface area contributed by atoms with Crippen LogP contribution in [0.2, 0.25) is 0 Å². The van der Waals surface area contributed by atoms with E-state index >= 15 is 0 Å². The van der Waals surface area contributed by atoms with Gasteiger partial charge in [-0.05, 0) is 25.1 Å². The summed E-state index contributed by atoms with van der Waals surface area (Å²) in [6, 6.07) is 4.85. The fraction of sp³-hybridized carbons (Fsp3) is 0.333. The van der Waals surface area contributed by atoms with Crippen molar-refractivity contribution in [2.24, 2.45) is 0 Å². The molecule has 5 nitrogen and oxygen atoms in total. The summed E-state index contributed by atoms with van der Waals surface area (Å²) in [4.78, 5) is 23.2. The van der Waals surface area contributed by atoms with Crippen LogP contribution in [-0.2, 0) is 14.3 Å². The SMILES string of the molecule is CCOC(=O)c1ccc(SCC(=O)OC)c(N)c1. The molecule has 0 aromatic heterocycles. The van der Waals surface area contributed by atoms with Gasteiger partial charge in [0.1, 0.15) is 0 Å². The van der Waals surface area contributed by atoms with Gasteiger partial charge in [-0.2, -0.15) is 0 Å². The van der Waals surface area contributed by atoms with Crippen LogP contribution in [0.1, 0.15) is 17.3 Å². The molecule has 0 aliphatic heterocycles. The van der Waals surface area contributed by atoms with Crippen LogP contribution >= 0.6 is 11.8 Å². The molecule has 2 N–H and O–H groups in total. The van der Waals surface area contributed by atoms with Crippen LogP contribution in [0.3, 0.4) is 0 Å². The minimum atomic E-state index is -0.409. The lowest BCUT2D eigenvalue weighted by atomic mass is 10.2. The Labute approximate surface area is 110 Å². The number of anilines is 1. The van der Waals surface area contributed by atoms with E-state index in [2.05, 4.69) is 4.74 Å². The molecule has 1 rings (SSSR count). The van der Waals surface area contributed by atoms with E-state index in [-0.39, 0.29) is 11.7 Å². The Balaban J connectivity index is 2.73. The first kappa shape index (κ1) is 14.4. The van der Waals surface area contributed by atoms with Gasteiger partial charge in [-0.3, -0.25) is 4.79 Å². The van der Waals surface area contributed by atoms with Gasteiger partial charge in [-0.1, -0.05) is 0 Å². The van der Waals surface area contributed by atoms with Gasteiger partial charge in [-0.15, -0.1) is 11.8 Å². The number of methoxy groups -OCH3 is 1. The molecule has 0 aliphatic rings. The lowest BCUT2D eigenvalue weighted by molar-refractivity contribution is -0.137. The number of benzene rings is 1. The normalized spacial score (nSPS) is 9.89. The highest BCUT2D eigenvalue weighted by molar-refractivity contribution is 8.00. The molecule has 0 saturated heterocycles. The Bertz CT molecular complexity index is 448. The number of thioether (sulfide) groups is 1. The summed E-state index contributed by atoms with van der Waals surface area (Å²) in [5, 5.41) is 0. The summed E-state index contributed by atoms with van der Waals surface area (Å²) in [6.07, 6.45) is 0. The van der Waals surface area contributed by atoms with Crippen LogP contribution in [0.25, 0.3) is 0 Å². The van der Waals surface area contributed by atoms with Crippen molar-refractivity contribution in [2.45, 2.75) is 11.8 Å². The number of hydrogen-bond donors (Lipinski definition) is 1. The Morgan fingerprint density at radius 3 is 2.67 bits per heavy atom. The Kier molecular flexibility index (Phi) is 5.51. The second-order valence-electron chi connectivity index (χ2n) is 3.34. The van der Waals surface area contributed by atoms with Crippen molar-refractivity contribution in [3.05, 3.63) is 23.8 Å². The molecule has 6 heteroatoms. The van der Waals surface area contributed by atoms with Crippen LogP contribution in [0.5, 0.6) is 0 Å². The quantitative estimate of drug-likeness (QED) is 0.498. The lowest BCUT2D eigenvalue weighted by Crippen LogP contribution is -2.06. The molecule has 0 bridgehead atoms. The molecular formula is C12H15NO4S. The van der Waals surface area contributed by atoms with E-state index in [0.29, 0.717) is 17.9 Å². The molecule has 1 aromatic carbocycles. The third kappa shape index (κ3) is 3.96. The highest BCUT2D eigenvalue weighted by atomic mass is 32.2. The van der Waals surface area contributed by atoms with Gasteiger partial charge in [0.25, 0.3) is 0 Å². The van der Waals surface area contributed by atoms with Gasteiger partial charge in [0, 0.05) is 10.6 Å². The van der Waals surface area contributed by atoms with E-state index in [1.165, 1.54) is 24.9 Å². The van der Waals surface area contributed by atoms with Gasteiger partial charge in [-0.25, -0.2) is 4.79 Å². The van der Waals surface area contributed by atoms with E-state index < -0.39 is 5.97 Å². The fourth-order valence-electron chi connectivity index (χ4n) is 1.22. The van der Waals surface area contributed by atoms with Gasteiger partial charge in [0.05, 0.1) is 25.0 Å². The number of rotatable bonds is 5. The van der Waals surface area contributed by atoms with Crippen LogP contribution in [0.15, 0.2) is 23.1 Å². The van der Waals surface area contributed by atoms with Gasteiger partial charge >= 0.3 is 11.9 Å². The summed E-state index contributed by atoms with van der Waals surface area (Å²) in [7, 11) is 1.33. The number of ether oxygens (including phenoxy) is 2. The zero-order chi connectivity index (χ0) is 13.5. The highest BCUT2D eigenvalue weighted by Crippen LogP contribution is 2.26. The molecule has 0 amide bonds. The maximum atomic E-state index is 11.5. The molecule has 0 fully saturated rings. The van der Waals surface area contributed by atoms with Gasteiger partial charge in [0.2, 0.25) is 0 Å². The summed E-state index contributed by atoms with van der Waals surface area (Å²) >= 11 is 1.26. The van der Waals surface area contributed by atoms with Crippen molar-refractivity contribution >= 4 is 29.4 Å². The molecule has 0 radical (unpaired) electrons. The highest BCUT2D eigenvalue weighted by Gasteiger charge is 2.10. The largest absolute Gasteiger partial charge is 0.468 e. The maximum Gasteiger partial charge on any atom is 0.338 e. The van der Waals surface area contributed by atoms with Gasteiger partial charge in [0.15, 0.2) is 0 Å². The summed E-state index contributed by atoms with van der Waals surface area (Å²) in [6.45, 7) is 2.05. The average molecular weight is 269 g/mol. The molecule has 0 heterocycles. The monoisotopic (exact) mass is 269 g/mol. The Morgan fingerprint density at radius 2 is 2.11 bits per heavy atom. The second-order valence-corrected chi connectivity index (χ2v) is 4.36. The van der Waals surface area contributed by atoms with E-state index in [1.54, 1.807) is 19.1 Å². The first-order chi connectivity index (χ1) is 8.58. The third-order valence-electron chi connectivity index (χ3n) is 2.09. The molecule has 98 valence electrons. The number of carbonyl (C=O) groups is 2. The Hall–Kier alpha value is -1.69. The standard InChI is InChI=1S/C12H15NO4S/c1-3-17-12(15)8-4-5-10(9(13)6-8)18-7-11(14)16-2/h4-6H,3,7,13H2,1-2H3. The average Bonchev–Trinajstić information content (AvgIpc) is 2.37. The molecule has 0 spiro atoms. The molecule has 0 unspecified atom stereocenters. The number of esters is 2. The van der Waals surface area contributed by atoms with Crippen molar-refractivity contribution in [3.63, 3.8) is 0 Å². The zero-order valence-corrected chi connectivity index (χ0v) is 11.1. The molecule has 0 saturated carbocycles. The van der Waals surface area contributed by atoms with Crippen molar-refractivity contribution in [3.8, 4) is 0 Å². The summed E-state index contributed by atoms with van der Waals surface area (Å²) in [5.41, 5.74) is 6.64. The smallest absolute Gasteiger partial charge is 0.338 e. The molecule has 0 atom stereocenters. The van der Waals surface area contributed by atoms with Crippen molar-refractivity contribution in [1.29, 1.82) is 0 Å². The first-order valence-electron chi connectivity index (χ1n) is 5.34. The predicted octanol–water partition coefficient (Wildman–Crippen LogP) is 1.71. The van der Waals surface area contributed by atoms with E-state index in [9.17, 15) is 9.59 Å². The van der Waals surface area contributed by atoms with Crippen molar-refractivity contribution in [1.82, 2.24) is 0 Å². The molecule has 18 heavy (non-hydrogen) atoms. The van der Waals surface area contributed by atoms with Crippen LogP contribution in [-0.4, -0.2) is 31.4 Å². The molecule has 0 aliphatic carbocycles. The van der Waals surface area contributed by atoms with E-state index in [0.717, 1.165) is 4.90 Å². The molecule has 1 aromatic rings. The summed E-state index contributed by atoms with van der Waals surface area (Å²) in [5.74, 6) is -0.554. The van der Waals surface area contributed by atoms with E-state index in [1.807, 2.05) is 0 Å². The lowest BCUT2D eigenvalue weighted by Gasteiger charge is -2.07. The minimum absolute atomic E-state index is 0.180. The fourth-order valence-corrected chi connectivity index (χ4v) is 2.00. The predicted molar refractivity (Wildman–Crippen MR) is 69.6 cm³/mol. The third-order valence-corrected chi connectivity index (χ3v) is 3.16. The van der Waals surface area contributed by atoms with Crippen molar-refractivity contribution in [2.75, 3.05) is 25.2 Å². The number of carbonyl (C=O) groups excluding carboxylic acids is 2. The van der Waals surface area contributed by atoms with Crippen LogP contribution in [0, 0.1) is 0 Å². The summed E-state index contributed by atoms with van der Waals surface area (Å²) < 4.78 is 9.39. The minimum Gasteiger partial charge on any atom is -0.468 e. The van der Waals surface area contributed by atoms with Gasteiger partial charge < -0.3 is 15.2 Å². The zero-order valence-electron chi connectivity index (χ0n) is 10.3. The van der Waals surface area contributed by atoms with Crippen molar-refractivity contribution < 1.29 is 19.1 Å². The van der Waals surface area contributed by atoms with Crippen LogP contribution in [0.4, 0.5) is 5.69 Å². The first-order valence-corrected chi connectivity index (χ1v) is 6.33. The Morgan fingerprint density at radius 1 is 1.39 bits per heavy atom. The van der Waals surface area contributed by atoms with Crippen LogP contribution < -0.4 is 5.73 Å². The number of nitrogen functional groups attached to an aromatic ring is 1. The maximum absolute atomic E-state index is 11.5. The topological polar surface area (TPSA) is 78.6 Å². The molecular weight excluding hydrogens is 254 g/mol. The number of hydrogen-bond acceptors (Lipinski definition) is 6.